The Bertz CT molecular complexity index is 856. The third-order valence-electron chi connectivity index (χ3n) is 3.94. The molecule has 6 nitrogen and oxygen atoms in total. The maximum Gasteiger partial charge on any atom is 0.224 e. The number of nitrogens with zero attached hydrogens (tertiary/aromatic N) is 3. The summed E-state index contributed by atoms with van der Waals surface area (Å²) in [5.41, 5.74) is 3.61. The SMILES string of the molecule is COc1ccccc1CC(=O)NCc1ccc(-c2ccnn2C)nc1. The topological polar surface area (TPSA) is 69.0 Å². The molecule has 128 valence electrons. The number of benzene rings is 1. The quantitative estimate of drug-likeness (QED) is 0.750. The molecule has 0 unspecified atom stereocenters. The Balaban J connectivity index is 1.58. The number of para-hydroxylation sites is 1. The van der Waals surface area contributed by atoms with E-state index in [1.165, 1.54) is 0 Å². The van der Waals surface area contributed by atoms with Crippen molar-refractivity contribution in [3.8, 4) is 17.1 Å². The predicted octanol–water partition coefficient (Wildman–Crippen LogP) is 2.35. The normalized spacial score (nSPS) is 10.5. The molecule has 0 aliphatic carbocycles. The third-order valence-corrected chi connectivity index (χ3v) is 3.94. The number of ether oxygens (including phenoxy) is 1. The van der Waals surface area contributed by atoms with Gasteiger partial charge in [-0.05, 0) is 23.8 Å². The van der Waals surface area contributed by atoms with Gasteiger partial charge in [-0.2, -0.15) is 5.10 Å². The predicted molar refractivity (Wildman–Crippen MR) is 95.0 cm³/mol. The van der Waals surface area contributed by atoms with E-state index in [9.17, 15) is 4.79 Å². The Hall–Kier alpha value is -3.15. The van der Waals surface area contributed by atoms with Gasteiger partial charge in [-0.1, -0.05) is 24.3 Å². The van der Waals surface area contributed by atoms with Crippen LogP contribution in [0.1, 0.15) is 11.1 Å². The molecule has 0 radical (unpaired) electrons. The molecule has 1 N–H and O–H groups in total. The zero-order valence-corrected chi connectivity index (χ0v) is 14.3. The number of aryl methyl sites for hydroxylation is 1. The molecule has 0 spiro atoms. The van der Waals surface area contributed by atoms with Gasteiger partial charge in [0.2, 0.25) is 5.91 Å². The van der Waals surface area contributed by atoms with Crippen molar-refractivity contribution in [2.75, 3.05) is 7.11 Å². The maximum absolute atomic E-state index is 12.2. The molecule has 1 amide bonds. The fourth-order valence-electron chi connectivity index (χ4n) is 2.59. The highest BCUT2D eigenvalue weighted by atomic mass is 16.5. The largest absolute Gasteiger partial charge is 0.496 e. The van der Waals surface area contributed by atoms with E-state index in [0.29, 0.717) is 6.54 Å². The van der Waals surface area contributed by atoms with Gasteiger partial charge in [0.25, 0.3) is 0 Å². The van der Waals surface area contributed by atoms with E-state index in [4.69, 9.17) is 4.74 Å². The van der Waals surface area contributed by atoms with E-state index in [0.717, 1.165) is 28.3 Å². The van der Waals surface area contributed by atoms with Gasteiger partial charge in [0.15, 0.2) is 0 Å². The fraction of sp³-hybridized carbons (Fsp3) is 0.211. The Morgan fingerprint density at radius 1 is 1.20 bits per heavy atom. The number of hydrogen-bond acceptors (Lipinski definition) is 4. The summed E-state index contributed by atoms with van der Waals surface area (Å²) in [5.74, 6) is 0.667. The molecular formula is C19H20N4O2. The number of aromatic nitrogens is 3. The average molecular weight is 336 g/mol. The first-order valence-corrected chi connectivity index (χ1v) is 7.99. The first-order chi connectivity index (χ1) is 12.2. The molecule has 1 aromatic carbocycles. The number of hydrogen-bond donors (Lipinski definition) is 1. The molecule has 25 heavy (non-hydrogen) atoms. The molecule has 3 rings (SSSR count). The van der Waals surface area contributed by atoms with Crippen molar-refractivity contribution in [2.45, 2.75) is 13.0 Å². The summed E-state index contributed by atoms with van der Waals surface area (Å²) in [5, 5.41) is 7.05. The van der Waals surface area contributed by atoms with Crippen molar-refractivity contribution in [1.82, 2.24) is 20.1 Å². The zero-order valence-electron chi connectivity index (χ0n) is 14.3. The lowest BCUT2D eigenvalue weighted by atomic mass is 10.1. The van der Waals surface area contributed by atoms with Crippen molar-refractivity contribution >= 4 is 5.91 Å². The Kier molecular flexibility index (Phi) is 5.09. The van der Waals surface area contributed by atoms with Crippen molar-refractivity contribution < 1.29 is 9.53 Å². The van der Waals surface area contributed by atoms with E-state index in [-0.39, 0.29) is 12.3 Å². The number of methoxy groups -OCH3 is 1. The maximum atomic E-state index is 12.2. The minimum Gasteiger partial charge on any atom is -0.496 e. The van der Waals surface area contributed by atoms with Crippen LogP contribution < -0.4 is 10.1 Å². The van der Waals surface area contributed by atoms with Crippen LogP contribution in [0.5, 0.6) is 5.75 Å². The zero-order chi connectivity index (χ0) is 17.6. The van der Waals surface area contributed by atoms with Crippen LogP contribution in [0.4, 0.5) is 0 Å². The van der Waals surface area contributed by atoms with Crippen molar-refractivity contribution in [3.05, 3.63) is 66.0 Å². The standard InChI is InChI=1S/C19H20N4O2/c1-23-17(9-10-22-23)16-8-7-14(12-20-16)13-21-19(24)11-15-5-3-4-6-18(15)25-2/h3-10,12H,11,13H2,1-2H3,(H,21,24). The van der Waals surface area contributed by atoms with Crippen molar-refractivity contribution in [3.63, 3.8) is 0 Å². The minimum atomic E-state index is -0.0554. The van der Waals surface area contributed by atoms with Gasteiger partial charge < -0.3 is 10.1 Å². The highest BCUT2D eigenvalue weighted by Gasteiger charge is 2.08. The van der Waals surface area contributed by atoms with Gasteiger partial charge in [0.05, 0.1) is 24.9 Å². The molecular weight excluding hydrogens is 316 g/mol. The summed E-state index contributed by atoms with van der Waals surface area (Å²) < 4.78 is 7.04. The second-order valence-electron chi connectivity index (χ2n) is 5.66. The second-order valence-corrected chi connectivity index (χ2v) is 5.66. The van der Waals surface area contributed by atoms with E-state index in [1.54, 1.807) is 24.2 Å². The lowest BCUT2D eigenvalue weighted by Crippen LogP contribution is -2.24. The number of carbonyl (C=O) groups excluding carboxylic acids is 1. The van der Waals surface area contributed by atoms with Gasteiger partial charge in [-0.25, -0.2) is 0 Å². The van der Waals surface area contributed by atoms with E-state index < -0.39 is 0 Å². The number of nitrogens with one attached hydrogen (secondary N) is 1. The van der Waals surface area contributed by atoms with Crippen molar-refractivity contribution in [2.24, 2.45) is 7.05 Å². The molecule has 2 aromatic heterocycles. The van der Waals surface area contributed by atoms with E-state index in [2.05, 4.69) is 15.4 Å². The molecule has 0 saturated heterocycles. The molecule has 0 aliphatic heterocycles. The molecule has 0 fully saturated rings. The summed E-state index contributed by atoms with van der Waals surface area (Å²) >= 11 is 0. The number of amides is 1. The van der Waals surface area contributed by atoms with Gasteiger partial charge in [0, 0.05) is 31.5 Å². The van der Waals surface area contributed by atoms with Crippen LogP contribution in [0.25, 0.3) is 11.4 Å². The van der Waals surface area contributed by atoms with Crippen LogP contribution >= 0.6 is 0 Å². The van der Waals surface area contributed by atoms with Gasteiger partial charge in [0.1, 0.15) is 5.75 Å². The first-order valence-electron chi connectivity index (χ1n) is 7.99. The molecule has 6 heteroatoms. The molecule has 0 bridgehead atoms. The highest BCUT2D eigenvalue weighted by molar-refractivity contribution is 5.79. The summed E-state index contributed by atoms with van der Waals surface area (Å²) in [6.07, 6.45) is 3.79. The number of carbonyl (C=O) groups is 1. The summed E-state index contributed by atoms with van der Waals surface area (Å²) in [6, 6.07) is 13.3. The second kappa shape index (κ2) is 7.61. The Morgan fingerprint density at radius 3 is 2.72 bits per heavy atom. The van der Waals surface area contributed by atoms with Crippen LogP contribution in [0, 0.1) is 0 Å². The first kappa shape index (κ1) is 16.7. The van der Waals surface area contributed by atoms with Crippen molar-refractivity contribution in [1.29, 1.82) is 0 Å². The third kappa shape index (κ3) is 4.03. The summed E-state index contributed by atoms with van der Waals surface area (Å²) in [6.45, 7) is 0.437. The van der Waals surface area contributed by atoms with Gasteiger partial charge in [-0.3, -0.25) is 14.5 Å². The monoisotopic (exact) mass is 336 g/mol. The Labute approximate surface area is 146 Å². The Morgan fingerprint density at radius 2 is 2.04 bits per heavy atom. The van der Waals surface area contributed by atoms with E-state index >= 15 is 0 Å². The van der Waals surface area contributed by atoms with Gasteiger partial charge >= 0.3 is 0 Å². The lowest BCUT2D eigenvalue weighted by Gasteiger charge is -2.09. The smallest absolute Gasteiger partial charge is 0.224 e. The van der Waals surface area contributed by atoms with Crippen LogP contribution in [0.3, 0.4) is 0 Å². The lowest BCUT2D eigenvalue weighted by molar-refractivity contribution is -0.120. The minimum absolute atomic E-state index is 0.0554. The van der Waals surface area contributed by atoms with Gasteiger partial charge in [-0.15, -0.1) is 0 Å². The molecule has 0 aliphatic rings. The van der Waals surface area contributed by atoms with Crippen LogP contribution in [-0.2, 0) is 24.8 Å². The van der Waals surface area contributed by atoms with E-state index in [1.807, 2.05) is 49.5 Å². The highest BCUT2D eigenvalue weighted by Crippen LogP contribution is 2.18. The molecule has 3 aromatic rings. The summed E-state index contributed by atoms with van der Waals surface area (Å²) in [4.78, 5) is 16.6. The molecule has 2 heterocycles. The average Bonchev–Trinajstić information content (AvgIpc) is 3.07. The summed E-state index contributed by atoms with van der Waals surface area (Å²) in [7, 11) is 3.48. The molecule has 0 atom stereocenters. The number of rotatable bonds is 6. The van der Waals surface area contributed by atoms with Crippen LogP contribution in [0.2, 0.25) is 0 Å². The van der Waals surface area contributed by atoms with Crippen LogP contribution in [0.15, 0.2) is 54.9 Å². The number of pyridine rings is 1. The van der Waals surface area contributed by atoms with Crippen LogP contribution in [-0.4, -0.2) is 27.8 Å². The fourth-order valence-corrected chi connectivity index (χ4v) is 2.59. The molecule has 0 saturated carbocycles.